The van der Waals surface area contributed by atoms with Crippen LogP contribution in [0.25, 0.3) is 0 Å². The molecule has 1 aliphatic rings. The van der Waals surface area contributed by atoms with Gasteiger partial charge in [0.15, 0.2) is 11.5 Å². The molecule has 1 saturated carbocycles. The van der Waals surface area contributed by atoms with Crippen LogP contribution in [-0.4, -0.2) is 26.7 Å². The molecule has 1 aliphatic carbocycles. The maximum atomic E-state index is 12.5. The molecule has 3 rings (SSSR count). The highest BCUT2D eigenvalue weighted by Crippen LogP contribution is 2.40. The fraction of sp³-hybridized carbons (Fsp3) is 0.409. The van der Waals surface area contributed by atoms with Crippen molar-refractivity contribution in [1.82, 2.24) is 5.32 Å². The number of methoxy groups -OCH3 is 2. The Labute approximate surface area is 155 Å². The minimum Gasteiger partial charge on any atom is -0.493 e. The van der Waals surface area contributed by atoms with E-state index in [0.29, 0.717) is 24.5 Å². The number of ether oxygens (including phenoxy) is 2. The molecule has 138 valence electrons. The lowest BCUT2D eigenvalue weighted by Gasteiger charge is -2.30. The van der Waals surface area contributed by atoms with E-state index in [1.165, 1.54) is 18.4 Å². The number of hydrogen-bond acceptors (Lipinski definition) is 3. The Kier molecular flexibility index (Phi) is 5.82. The average molecular weight is 353 g/mol. The van der Waals surface area contributed by atoms with Gasteiger partial charge in [-0.1, -0.05) is 49.2 Å². The summed E-state index contributed by atoms with van der Waals surface area (Å²) in [7, 11) is 3.21. The van der Waals surface area contributed by atoms with E-state index in [1.54, 1.807) is 14.2 Å². The first-order valence-electron chi connectivity index (χ1n) is 9.20. The van der Waals surface area contributed by atoms with Crippen LogP contribution in [-0.2, 0) is 16.6 Å². The van der Waals surface area contributed by atoms with Gasteiger partial charge in [0.05, 0.1) is 20.6 Å². The van der Waals surface area contributed by atoms with Crippen LogP contribution in [0.5, 0.6) is 11.5 Å². The third-order valence-corrected chi connectivity index (χ3v) is 5.38. The lowest BCUT2D eigenvalue weighted by atomic mass is 9.79. The van der Waals surface area contributed by atoms with Gasteiger partial charge in [0.1, 0.15) is 0 Å². The van der Waals surface area contributed by atoms with Crippen LogP contribution < -0.4 is 14.8 Å². The number of nitrogens with one attached hydrogen (secondary N) is 1. The summed E-state index contributed by atoms with van der Waals surface area (Å²) in [4.78, 5) is 12.5. The van der Waals surface area contributed by atoms with Gasteiger partial charge in [-0.2, -0.15) is 0 Å². The maximum Gasteiger partial charge on any atom is 0.224 e. The minimum absolute atomic E-state index is 0.0411. The van der Waals surface area contributed by atoms with Crippen molar-refractivity contribution in [2.45, 2.75) is 37.5 Å². The molecule has 0 unspecified atom stereocenters. The zero-order chi connectivity index (χ0) is 18.4. The Morgan fingerprint density at radius 1 is 1.00 bits per heavy atom. The average Bonchev–Trinajstić information content (AvgIpc) is 3.17. The van der Waals surface area contributed by atoms with Gasteiger partial charge in [-0.05, 0) is 36.1 Å². The SMILES string of the molecule is COc1ccc(CC(=O)NCC2(c3ccccc3)CCCC2)cc1OC. The van der Waals surface area contributed by atoms with Crippen LogP contribution in [0.1, 0.15) is 36.8 Å². The molecule has 0 spiro atoms. The van der Waals surface area contributed by atoms with Gasteiger partial charge < -0.3 is 14.8 Å². The Bertz CT molecular complexity index is 736. The Balaban J connectivity index is 1.65. The van der Waals surface area contributed by atoms with Crippen molar-refractivity contribution in [3.63, 3.8) is 0 Å². The summed E-state index contributed by atoms with van der Waals surface area (Å²) in [5.41, 5.74) is 2.33. The fourth-order valence-corrected chi connectivity index (χ4v) is 3.92. The molecule has 0 atom stereocenters. The Morgan fingerprint density at radius 3 is 2.35 bits per heavy atom. The van der Waals surface area contributed by atoms with E-state index in [9.17, 15) is 4.79 Å². The Morgan fingerprint density at radius 2 is 1.69 bits per heavy atom. The maximum absolute atomic E-state index is 12.5. The molecule has 4 nitrogen and oxygen atoms in total. The highest BCUT2D eigenvalue weighted by atomic mass is 16.5. The molecule has 4 heteroatoms. The summed E-state index contributed by atoms with van der Waals surface area (Å²) in [6.07, 6.45) is 5.05. The van der Waals surface area contributed by atoms with Gasteiger partial charge in [0.25, 0.3) is 0 Å². The molecule has 2 aromatic rings. The monoisotopic (exact) mass is 353 g/mol. The minimum atomic E-state index is 0.0411. The topological polar surface area (TPSA) is 47.6 Å². The quantitative estimate of drug-likeness (QED) is 0.822. The van der Waals surface area contributed by atoms with E-state index >= 15 is 0 Å². The van der Waals surface area contributed by atoms with Crippen LogP contribution in [0.15, 0.2) is 48.5 Å². The van der Waals surface area contributed by atoms with Gasteiger partial charge in [-0.25, -0.2) is 0 Å². The largest absolute Gasteiger partial charge is 0.493 e. The van der Waals surface area contributed by atoms with Gasteiger partial charge in [-0.3, -0.25) is 4.79 Å². The zero-order valence-electron chi connectivity index (χ0n) is 15.6. The van der Waals surface area contributed by atoms with Crippen molar-refractivity contribution in [2.24, 2.45) is 0 Å². The van der Waals surface area contributed by atoms with Gasteiger partial charge in [-0.15, -0.1) is 0 Å². The summed E-state index contributed by atoms with van der Waals surface area (Å²) in [6.45, 7) is 0.698. The first-order valence-corrected chi connectivity index (χ1v) is 9.20. The predicted octanol–water partition coefficient (Wildman–Crippen LogP) is 3.87. The van der Waals surface area contributed by atoms with Crippen LogP contribution in [0, 0.1) is 0 Å². The molecule has 0 aliphatic heterocycles. The molecule has 0 aromatic heterocycles. The predicted molar refractivity (Wildman–Crippen MR) is 103 cm³/mol. The summed E-state index contributed by atoms with van der Waals surface area (Å²) < 4.78 is 10.6. The molecular formula is C22H27NO3. The summed E-state index contributed by atoms with van der Waals surface area (Å²) >= 11 is 0. The van der Waals surface area contributed by atoms with Crippen molar-refractivity contribution in [3.8, 4) is 11.5 Å². The van der Waals surface area contributed by atoms with E-state index in [2.05, 4.69) is 29.6 Å². The molecule has 0 bridgehead atoms. The molecule has 1 N–H and O–H groups in total. The van der Waals surface area contributed by atoms with E-state index in [-0.39, 0.29) is 11.3 Å². The van der Waals surface area contributed by atoms with Crippen LogP contribution in [0.3, 0.4) is 0 Å². The first-order chi connectivity index (χ1) is 12.7. The van der Waals surface area contributed by atoms with Crippen LogP contribution in [0.4, 0.5) is 0 Å². The lowest BCUT2D eigenvalue weighted by Crippen LogP contribution is -2.39. The van der Waals surface area contributed by atoms with Crippen molar-refractivity contribution in [3.05, 3.63) is 59.7 Å². The molecule has 26 heavy (non-hydrogen) atoms. The van der Waals surface area contributed by atoms with Gasteiger partial charge >= 0.3 is 0 Å². The standard InChI is InChI=1S/C22H27NO3/c1-25-19-11-10-17(14-20(19)26-2)15-21(24)23-16-22(12-6-7-13-22)18-8-4-3-5-9-18/h3-5,8-11,14H,6-7,12-13,15-16H2,1-2H3,(H,23,24). The summed E-state index contributed by atoms with van der Waals surface area (Å²) in [5.74, 6) is 1.36. The van der Waals surface area contributed by atoms with Crippen molar-refractivity contribution in [1.29, 1.82) is 0 Å². The van der Waals surface area contributed by atoms with E-state index < -0.39 is 0 Å². The van der Waals surface area contributed by atoms with Crippen molar-refractivity contribution >= 4 is 5.91 Å². The number of amides is 1. The second-order valence-electron chi connectivity index (χ2n) is 7.00. The molecule has 0 radical (unpaired) electrons. The highest BCUT2D eigenvalue weighted by molar-refractivity contribution is 5.79. The number of carbonyl (C=O) groups is 1. The number of benzene rings is 2. The smallest absolute Gasteiger partial charge is 0.224 e. The summed E-state index contributed by atoms with van der Waals surface area (Å²) in [6, 6.07) is 16.2. The molecule has 1 fully saturated rings. The number of hydrogen-bond donors (Lipinski definition) is 1. The second-order valence-corrected chi connectivity index (χ2v) is 7.00. The zero-order valence-corrected chi connectivity index (χ0v) is 15.6. The van der Waals surface area contributed by atoms with E-state index in [1.807, 2.05) is 24.3 Å². The third-order valence-electron chi connectivity index (χ3n) is 5.38. The summed E-state index contributed by atoms with van der Waals surface area (Å²) in [5, 5.41) is 3.17. The van der Waals surface area contributed by atoms with Gasteiger partial charge in [0, 0.05) is 12.0 Å². The van der Waals surface area contributed by atoms with Crippen LogP contribution in [0.2, 0.25) is 0 Å². The third kappa shape index (κ3) is 4.01. The van der Waals surface area contributed by atoms with Crippen LogP contribution >= 0.6 is 0 Å². The number of carbonyl (C=O) groups excluding carboxylic acids is 1. The molecular weight excluding hydrogens is 326 g/mol. The normalized spacial score (nSPS) is 15.5. The molecule has 2 aromatic carbocycles. The molecule has 0 saturated heterocycles. The van der Waals surface area contributed by atoms with E-state index in [4.69, 9.17) is 9.47 Å². The Hall–Kier alpha value is -2.49. The lowest BCUT2D eigenvalue weighted by molar-refractivity contribution is -0.120. The first kappa shape index (κ1) is 18.3. The second kappa shape index (κ2) is 8.26. The molecule has 0 heterocycles. The van der Waals surface area contributed by atoms with Crippen molar-refractivity contribution < 1.29 is 14.3 Å². The van der Waals surface area contributed by atoms with Crippen molar-refractivity contribution in [2.75, 3.05) is 20.8 Å². The highest BCUT2D eigenvalue weighted by Gasteiger charge is 2.35. The number of rotatable bonds is 7. The molecule has 1 amide bonds. The fourth-order valence-electron chi connectivity index (χ4n) is 3.92. The van der Waals surface area contributed by atoms with E-state index in [0.717, 1.165) is 18.4 Å². The van der Waals surface area contributed by atoms with Gasteiger partial charge in [0.2, 0.25) is 5.91 Å².